The molecular weight excluding hydrogens is 160 g/mol. The summed E-state index contributed by atoms with van der Waals surface area (Å²) in [6, 6.07) is 9.04. The molecule has 1 aromatic carbocycles. The average Bonchev–Trinajstić information content (AvgIpc) is 2.17. The van der Waals surface area contributed by atoms with Crippen LogP contribution in [0.25, 0.3) is 0 Å². The molecule has 1 rings (SSSR count). The summed E-state index contributed by atoms with van der Waals surface area (Å²) in [6.45, 7) is 0. The van der Waals surface area contributed by atoms with Crippen molar-refractivity contribution in [2.45, 2.75) is 12.3 Å². The predicted molar refractivity (Wildman–Crippen MR) is 40.8 cm³/mol. The Labute approximate surface area is 69.2 Å². The summed E-state index contributed by atoms with van der Waals surface area (Å²) in [5.74, 6) is 0. The molecule has 0 saturated carbocycles. The van der Waals surface area contributed by atoms with Crippen molar-refractivity contribution in [2.24, 2.45) is 0 Å². The Bertz CT molecular complexity index is 278. The van der Waals surface area contributed by atoms with E-state index in [1.54, 1.807) is 18.2 Å². The van der Waals surface area contributed by atoms with E-state index in [4.69, 9.17) is 5.26 Å². The van der Waals surface area contributed by atoms with Crippen LogP contribution < -0.4 is 0 Å². The van der Waals surface area contributed by atoms with Gasteiger partial charge in [-0.05, 0) is 5.56 Å². The van der Waals surface area contributed by atoms with Crippen LogP contribution in [-0.4, -0.2) is 6.17 Å². The van der Waals surface area contributed by atoms with E-state index in [2.05, 4.69) is 0 Å². The molecule has 0 aliphatic rings. The Hall–Kier alpha value is -1.43. The van der Waals surface area contributed by atoms with Crippen molar-refractivity contribution in [3.63, 3.8) is 0 Å². The van der Waals surface area contributed by atoms with Crippen molar-refractivity contribution in [2.75, 3.05) is 0 Å². The lowest BCUT2D eigenvalue weighted by atomic mass is 10.1. The zero-order valence-electron chi connectivity index (χ0n) is 6.24. The monoisotopic (exact) mass is 167 g/mol. The lowest BCUT2D eigenvalue weighted by Crippen LogP contribution is -2.06. The second-order valence-electron chi connectivity index (χ2n) is 2.34. The van der Waals surface area contributed by atoms with Gasteiger partial charge in [-0.25, -0.2) is 8.78 Å². The van der Waals surface area contributed by atoms with Crippen molar-refractivity contribution in [3.8, 4) is 6.07 Å². The summed E-state index contributed by atoms with van der Waals surface area (Å²) in [4.78, 5) is 0. The number of rotatable bonds is 2. The van der Waals surface area contributed by atoms with E-state index in [0.717, 1.165) is 0 Å². The molecule has 0 N–H and O–H groups in total. The first-order valence-electron chi connectivity index (χ1n) is 3.48. The van der Waals surface area contributed by atoms with Crippen LogP contribution in [0.3, 0.4) is 0 Å². The maximum Gasteiger partial charge on any atom is 0.221 e. The molecule has 0 fully saturated rings. The highest BCUT2D eigenvalue weighted by Crippen LogP contribution is 2.22. The zero-order chi connectivity index (χ0) is 8.97. The molecule has 1 aromatic rings. The first-order chi connectivity index (χ1) is 5.75. The molecule has 0 heterocycles. The summed E-state index contributed by atoms with van der Waals surface area (Å²) in [5.41, 5.74) is 0.201. The summed E-state index contributed by atoms with van der Waals surface area (Å²) in [7, 11) is 0. The maximum absolute atomic E-state index is 12.9. The molecule has 0 aromatic heterocycles. The molecular formula is C9H7F2N. The van der Waals surface area contributed by atoms with E-state index in [9.17, 15) is 8.78 Å². The molecule has 3 heteroatoms. The van der Waals surface area contributed by atoms with E-state index in [1.807, 2.05) is 0 Å². The SMILES string of the molecule is N#CC(F)C(F)c1ccccc1. The molecule has 0 saturated heterocycles. The smallest absolute Gasteiger partial charge is 0.221 e. The number of nitriles is 1. The predicted octanol–water partition coefficient (Wildman–Crippen LogP) is 2.56. The van der Waals surface area contributed by atoms with Crippen molar-refractivity contribution in [1.82, 2.24) is 0 Å². The minimum Gasteiger partial charge on any atom is -0.238 e. The standard InChI is InChI=1S/C9H7F2N/c10-8(6-12)9(11)7-4-2-1-3-5-7/h1-5,8-9H. The van der Waals surface area contributed by atoms with Gasteiger partial charge in [0.1, 0.15) is 6.07 Å². The molecule has 2 atom stereocenters. The van der Waals surface area contributed by atoms with Crippen LogP contribution in [0.1, 0.15) is 11.7 Å². The number of halogens is 2. The number of hydrogen-bond acceptors (Lipinski definition) is 1. The maximum atomic E-state index is 12.9. The highest BCUT2D eigenvalue weighted by Gasteiger charge is 2.20. The fraction of sp³-hybridized carbons (Fsp3) is 0.222. The number of alkyl halides is 2. The first kappa shape index (κ1) is 8.66. The third-order valence-corrected chi connectivity index (χ3v) is 1.50. The van der Waals surface area contributed by atoms with E-state index >= 15 is 0 Å². The molecule has 0 aliphatic heterocycles. The zero-order valence-corrected chi connectivity index (χ0v) is 6.24. The topological polar surface area (TPSA) is 23.8 Å². The summed E-state index contributed by atoms with van der Waals surface area (Å²) >= 11 is 0. The van der Waals surface area contributed by atoms with Crippen LogP contribution in [0.4, 0.5) is 8.78 Å². The molecule has 0 bridgehead atoms. The normalized spacial score (nSPS) is 14.8. The van der Waals surface area contributed by atoms with Gasteiger partial charge in [0.25, 0.3) is 0 Å². The fourth-order valence-corrected chi connectivity index (χ4v) is 0.871. The van der Waals surface area contributed by atoms with Crippen LogP contribution in [0, 0.1) is 11.3 Å². The number of benzene rings is 1. The Kier molecular flexibility index (Phi) is 2.76. The summed E-state index contributed by atoms with van der Waals surface area (Å²) < 4.78 is 25.4. The minimum absolute atomic E-state index is 0.201. The van der Waals surface area contributed by atoms with Gasteiger partial charge in [0.15, 0.2) is 6.17 Å². The molecule has 2 unspecified atom stereocenters. The van der Waals surface area contributed by atoms with Crippen LogP contribution in [-0.2, 0) is 0 Å². The number of nitrogens with zero attached hydrogens (tertiary/aromatic N) is 1. The van der Waals surface area contributed by atoms with Crippen LogP contribution >= 0.6 is 0 Å². The van der Waals surface area contributed by atoms with E-state index < -0.39 is 12.3 Å². The quantitative estimate of drug-likeness (QED) is 0.664. The molecule has 0 spiro atoms. The van der Waals surface area contributed by atoms with Gasteiger partial charge in [0, 0.05) is 0 Å². The van der Waals surface area contributed by atoms with Gasteiger partial charge in [-0.1, -0.05) is 30.3 Å². The van der Waals surface area contributed by atoms with Crippen molar-refractivity contribution in [1.29, 1.82) is 5.26 Å². The molecule has 1 nitrogen and oxygen atoms in total. The Morgan fingerprint density at radius 1 is 1.17 bits per heavy atom. The van der Waals surface area contributed by atoms with Crippen LogP contribution in [0.15, 0.2) is 30.3 Å². The highest BCUT2D eigenvalue weighted by molar-refractivity contribution is 5.20. The van der Waals surface area contributed by atoms with Crippen molar-refractivity contribution < 1.29 is 8.78 Å². The van der Waals surface area contributed by atoms with Crippen LogP contribution in [0.2, 0.25) is 0 Å². The summed E-state index contributed by atoms with van der Waals surface area (Å²) in [6.07, 6.45) is -3.91. The third kappa shape index (κ3) is 1.79. The Morgan fingerprint density at radius 2 is 1.75 bits per heavy atom. The van der Waals surface area contributed by atoms with E-state index in [1.165, 1.54) is 18.2 Å². The van der Waals surface area contributed by atoms with Gasteiger partial charge < -0.3 is 0 Å². The van der Waals surface area contributed by atoms with Gasteiger partial charge >= 0.3 is 0 Å². The molecule has 0 radical (unpaired) electrons. The molecule has 0 amide bonds. The second-order valence-corrected chi connectivity index (χ2v) is 2.34. The Morgan fingerprint density at radius 3 is 2.25 bits per heavy atom. The first-order valence-corrected chi connectivity index (χ1v) is 3.48. The van der Waals surface area contributed by atoms with Crippen molar-refractivity contribution in [3.05, 3.63) is 35.9 Å². The van der Waals surface area contributed by atoms with Gasteiger partial charge in [-0.3, -0.25) is 0 Å². The Balaban J connectivity index is 2.80. The third-order valence-electron chi connectivity index (χ3n) is 1.50. The number of hydrogen-bond donors (Lipinski definition) is 0. The lowest BCUT2D eigenvalue weighted by Gasteiger charge is -2.06. The largest absolute Gasteiger partial charge is 0.238 e. The van der Waals surface area contributed by atoms with Crippen molar-refractivity contribution >= 4 is 0 Å². The van der Waals surface area contributed by atoms with Crippen LogP contribution in [0.5, 0.6) is 0 Å². The highest BCUT2D eigenvalue weighted by atomic mass is 19.2. The van der Waals surface area contributed by atoms with Gasteiger partial charge in [-0.2, -0.15) is 5.26 Å². The van der Waals surface area contributed by atoms with Gasteiger partial charge in [-0.15, -0.1) is 0 Å². The molecule has 12 heavy (non-hydrogen) atoms. The average molecular weight is 167 g/mol. The summed E-state index contributed by atoms with van der Waals surface area (Å²) in [5, 5.41) is 8.10. The molecule has 62 valence electrons. The fourth-order valence-electron chi connectivity index (χ4n) is 0.871. The minimum atomic E-state index is -2.08. The van der Waals surface area contributed by atoms with Gasteiger partial charge in [0.2, 0.25) is 6.17 Å². The van der Waals surface area contributed by atoms with E-state index in [0.29, 0.717) is 0 Å². The second kappa shape index (κ2) is 3.82. The van der Waals surface area contributed by atoms with Gasteiger partial charge in [0.05, 0.1) is 0 Å². The van der Waals surface area contributed by atoms with E-state index in [-0.39, 0.29) is 5.56 Å². The molecule has 0 aliphatic carbocycles. The lowest BCUT2D eigenvalue weighted by molar-refractivity contribution is 0.213.